The van der Waals surface area contributed by atoms with Crippen LogP contribution >= 0.6 is 11.6 Å². The van der Waals surface area contributed by atoms with Gasteiger partial charge in [0.15, 0.2) is 0 Å². The lowest BCUT2D eigenvalue weighted by Crippen LogP contribution is -2.12. The Balaban J connectivity index is 1.95. The van der Waals surface area contributed by atoms with Crippen molar-refractivity contribution in [2.45, 2.75) is 0 Å². The lowest BCUT2D eigenvalue weighted by atomic mass is 10.1. The van der Waals surface area contributed by atoms with Crippen molar-refractivity contribution >= 4 is 23.2 Å². The average Bonchev–Trinajstić information content (AvgIpc) is 2.99. The van der Waals surface area contributed by atoms with Gasteiger partial charge < -0.3 is 15.2 Å². The molecule has 1 aromatic heterocycles. The molecule has 0 saturated carbocycles. The van der Waals surface area contributed by atoms with Crippen molar-refractivity contribution in [1.82, 2.24) is 9.78 Å². The number of aliphatic hydroxyl groups is 1. The first-order valence-corrected chi connectivity index (χ1v) is 8.50. The molecule has 1 heterocycles. The maximum atomic E-state index is 13.3. The summed E-state index contributed by atoms with van der Waals surface area (Å²) < 4.78 is 20.5. The summed E-state index contributed by atoms with van der Waals surface area (Å²) >= 11 is 6.24. The van der Waals surface area contributed by atoms with Crippen molar-refractivity contribution in [2.75, 3.05) is 18.5 Å². The zero-order valence-electron chi connectivity index (χ0n) is 14.4. The lowest BCUT2D eigenvalue weighted by molar-refractivity contribution is 0.102. The number of halogens is 2. The van der Waals surface area contributed by atoms with Crippen LogP contribution in [0.3, 0.4) is 0 Å². The third-order valence-electron chi connectivity index (χ3n) is 3.82. The van der Waals surface area contributed by atoms with Crippen LogP contribution in [0, 0.1) is 5.82 Å². The van der Waals surface area contributed by atoms with E-state index in [0.717, 1.165) is 6.07 Å². The van der Waals surface area contributed by atoms with Gasteiger partial charge in [0, 0.05) is 23.9 Å². The molecular weight excluding hydrogens is 373 g/mol. The molecule has 0 aliphatic rings. The molecule has 0 unspecified atom stereocenters. The number of carbonyl (C=O) groups excluding carboxylic acids is 1. The molecule has 0 radical (unpaired) electrons. The van der Waals surface area contributed by atoms with Crippen molar-refractivity contribution in [3.63, 3.8) is 0 Å². The van der Waals surface area contributed by atoms with Crippen LogP contribution in [0.1, 0.15) is 10.4 Å². The molecule has 0 aliphatic heterocycles. The number of aromatic nitrogens is 2. The van der Waals surface area contributed by atoms with Crippen molar-refractivity contribution in [3.8, 4) is 17.0 Å². The van der Waals surface area contributed by atoms with Gasteiger partial charge in [-0.15, -0.1) is 0 Å². The van der Waals surface area contributed by atoms with Gasteiger partial charge >= 0.3 is 0 Å². The molecule has 0 fully saturated rings. The van der Waals surface area contributed by atoms with E-state index >= 15 is 0 Å². The molecular formula is C19H17ClFN3O3. The molecule has 0 saturated heterocycles. The number of aliphatic hydroxyl groups excluding tert-OH is 1. The first kappa shape index (κ1) is 18.9. The van der Waals surface area contributed by atoms with E-state index in [2.05, 4.69) is 10.4 Å². The molecule has 0 bridgehead atoms. The minimum Gasteiger partial charge on any atom is -0.490 e. The van der Waals surface area contributed by atoms with Crippen LogP contribution in [0.4, 0.5) is 10.1 Å². The van der Waals surface area contributed by atoms with Gasteiger partial charge in [0.25, 0.3) is 5.91 Å². The SMILES string of the molecule is Cn1ncc(Cl)c1-c1cc(NC(=O)c2cccc(F)c2)ccc1OCCO. The van der Waals surface area contributed by atoms with Gasteiger partial charge in [0.05, 0.1) is 23.5 Å². The number of aryl methyl sites for hydroxylation is 1. The summed E-state index contributed by atoms with van der Waals surface area (Å²) in [6.07, 6.45) is 1.50. The molecule has 2 aromatic carbocycles. The Labute approximate surface area is 160 Å². The molecule has 8 heteroatoms. The van der Waals surface area contributed by atoms with Crippen molar-refractivity contribution in [1.29, 1.82) is 0 Å². The zero-order valence-corrected chi connectivity index (χ0v) is 15.2. The number of nitrogens with zero attached hydrogens (tertiary/aromatic N) is 2. The summed E-state index contributed by atoms with van der Waals surface area (Å²) in [7, 11) is 1.73. The van der Waals surface area contributed by atoms with Crippen molar-refractivity contribution in [3.05, 3.63) is 65.1 Å². The molecule has 140 valence electrons. The van der Waals surface area contributed by atoms with E-state index in [4.69, 9.17) is 21.4 Å². The second-order valence-electron chi connectivity index (χ2n) is 5.71. The Morgan fingerprint density at radius 1 is 1.33 bits per heavy atom. The van der Waals surface area contributed by atoms with E-state index < -0.39 is 11.7 Å². The van der Waals surface area contributed by atoms with Crippen LogP contribution in [0.5, 0.6) is 5.75 Å². The highest BCUT2D eigenvalue weighted by atomic mass is 35.5. The number of carbonyl (C=O) groups is 1. The number of anilines is 1. The van der Waals surface area contributed by atoms with Gasteiger partial charge in [-0.05, 0) is 36.4 Å². The highest BCUT2D eigenvalue weighted by Gasteiger charge is 2.16. The molecule has 3 aromatic rings. The fourth-order valence-electron chi connectivity index (χ4n) is 2.62. The monoisotopic (exact) mass is 389 g/mol. The van der Waals surface area contributed by atoms with Gasteiger partial charge in [0.1, 0.15) is 18.2 Å². The normalized spacial score (nSPS) is 10.7. The molecule has 2 N–H and O–H groups in total. The first-order chi connectivity index (χ1) is 13.0. The quantitative estimate of drug-likeness (QED) is 0.676. The topological polar surface area (TPSA) is 76.4 Å². The predicted octanol–water partition coefficient (Wildman–Crippen LogP) is 3.50. The molecule has 6 nitrogen and oxygen atoms in total. The van der Waals surface area contributed by atoms with Crippen LogP contribution in [-0.2, 0) is 7.05 Å². The molecule has 1 amide bonds. The predicted molar refractivity (Wildman–Crippen MR) is 101 cm³/mol. The molecule has 0 atom stereocenters. The Bertz CT molecular complexity index is 955. The number of hydrogen-bond acceptors (Lipinski definition) is 4. The summed E-state index contributed by atoms with van der Waals surface area (Å²) in [6, 6.07) is 10.4. The number of hydrogen-bond donors (Lipinski definition) is 2. The number of benzene rings is 2. The van der Waals surface area contributed by atoms with Gasteiger partial charge in [0.2, 0.25) is 0 Å². The average molecular weight is 390 g/mol. The van der Waals surface area contributed by atoms with Crippen LogP contribution < -0.4 is 10.1 Å². The van der Waals surface area contributed by atoms with Crippen molar-refractivity contribution in [2.24, 2.45) is 7.05 Å². The lowest BCUT2D eigenvalue weighted by Gasteiger charge is -2.14. The van der Waals surface area contributed by atoms with Gasteiger partial charge in [-0.1, -0.05) is 17.7 Å². The third-order valence-corrected chi connectivity index (χ3v) is 4.10. The van der Waals surface area contributed by atoms with Crippen LogP contribution in [0.25, 0.3) is 11.3 Å². The molecule has 3 rings (SSSR count). The Kier molecular flexibility index (Phi) is 5.73. The van der Waals surface area contributed by atoms with E-state index in [1.165, 1.54) is 24.4 Å². The van der Waals surface area contributed by atoms with E-state index in [1.54, 1.807) is 29.9 Å². The van der Waals surface area contributed by atoms with Crippen LogP contribution in [-0.4, -0.2) is 34.0 Å². The van der Waals surface area contributed by atoms with E-state index in [-0.39, 0.29) is 18.8 Å². The van der Waals surface area contributed by atoms with E-state index in [1.807, 2.05) is 0 Å². The minimum absolute atomic E-state index is 0.109. The Morgan fingerprint density at radius 3 is 2.81 bits per heavy atom. The number of rotatable bonds is 6. The fraction of sp³-hybridized carbons (Fsp3) is 0.158. The van der Waals surface area contributed by atoms with Crippen LogP contribution in [0.15, 0.2) is 48.7 Å². The molecule has 0 spiro atoms. The Morgan fingerprint density at radius 2 is 2.15 bits per heavy atom. The molecule has 0 aliphatic carbocycles. The smallest absolute Gasteiger partial charge is 0.255 e. The first-order valence-electron chi connectivity index (χ1n) is 8.12. The summed E-state index contributed by atoms with van der Waals surface area (Å²) in [5, 5.41) is 16.3. The largest absolute Gasteiger partial charge is 0.490 e. The number of ether oxygens (including phenoxy) is 1. The summed E-state index contributed by atoms with van der Waals surface area (Å²) in [4.78, 5) is 12.4. The third kappa shape index (κ3) is 4.27. The fourth-order valence-corrected chi connectivity index (χ4v) is 2.89. The van der Waals surface area contributed by atoms with Gasteiger partial charge in [-0.3, -0.25) is 9.48 Å². The summed E-state index contributed by atoms with van der Waals surface area (Å²) in [5.41, 5.74) is 1.89. The molecule has 27 heavy (non-hydrogen) atoms. The number of nitrogens with one attached hydrogen (secondary N) is 1. The van der Waals surface area contributed by atoms with Crippen LogP contribution in [0.2, 0.25) is 5.02 Å². The standard InChI is InChI=1S/C19H17ClFN3O3/c1-24-18(16(20)11-22-24)15-10-14(5-6-17(15)27-8-7-25)23-19(26)12-3-2-4-13(21)9-12/h2-6,9-11,25H,7-8H2,1H3,(H,23,26). The maximum Gasteiger partial charge on any atom is 0.255 e. The van der Waals surface area contributed by atoms with Crippen molar-refractivity contribution < 1.29 is 19.0 Å². The zero-order chi connectivity index (χ0) is 19.4. The minimum atomic E-state index is -0.488. The van der Waals surface area contributed by atoms with E-state index in [0.29, 0.717) is 27.7 Å². The Hall–Kier alpha value is -2.90. The van der Waals surface area contributed by atoms with E-state index in [9.17, 15) is 9.18 Å². The van der Waals surface area contributed by atoms with Gasteiger partial charge in [-0.25, -0.2) is 4.39 Å². The second kappa shape index (κ2) is 8.20. The summed E-state index contributed by atoms with van der Waals surface area (Å²) in [6.45, 7) is -0.0336. The highest BCUT2D eigenvalue weighted by molar-refractivity contribution is 6.33. The van der Waals surface area contributed by atoms with Gasteiger partial charge in [-0.2, -0.15) is 5.10 Å². The second-order valence-corrected chi connectivity index (χ2v) is 6.12. The highest BCUT2D eigenvalue weighted by Crippen LogP contribution is 2.36. The summed E-state index contributed by atoms with van der Waals surface area (Å²) in [5.74, 6) is -0.448. The number of amides is 1. The maximum absolute atomic E-state index is 13.3.